The summed E-state index contributed by atoms with van der Waals surface area (Å²) in [5.41, 5.74) is -1.48. The summed E-state index contributed by atoms with van der Waals surface area (Å²) in [7, 11) is 3.42. The molecule has 2 fully saturated rings. The SMILES string of the molecule is COC1C2OC(C)(C)C1(C(C)(C)OC)OC2C. The van der Waals surface area contributed by atoms with Crippen molar-refractivity contribution in [2.45, 2.75) is 69.7 Å². The molecule has 2 aliphatic heterocycles. The molecule has 0 amide bonds. The molecule has 0 saturated carbocycles. The van der Waals surface area contributed by atoms with Crippen molar-refractivity contribution in [1.29, 1.82) is 0 Å². The van der Waals surface area contributed by atoms with Crippen LogP contribution in [0, 0.1) is 0 Å². The van der Waals surface area contributed by atoms with Crippen LogP contribution in [0.4, 0.5) is 0 Å². The van der Waals surface area contributed by atoms with Crippen LogP contribution >= 0.6 is 0 Å². The Hall–Kier alpha value is -0.160. The maximum atomic E-state index is 6.25. The third-order valence-electron chi connectivity index (χ3n) is 4.52. The molecule has 0 spiro atoms. The number of methoxy groups -OCH3 is 2. The van der Waals surface area contributed by atoms with Crippen molar-refractivity contribution in [3.8, 4) is 0 Å². The van der Waals surface area contributed by atoms with E-state index in [-0.39, 0.29) is 18.3 Å². The van der Waals surface area contributed by atoms with Gasteiger partial charge in [0.2, 0.25) is 0 Å². The molecule has 4 atom stereocenters. The van der Waals surface area contributed by atoms with Gasteiger partial charge in [-0.15, -0.1) is 0 Å². The zero-order valence-corrected chi connectivity index (χ0v) is 11.9. The number of hydrogen-bond donors (Lipinski definition) is 0. The first-order chi connectivity index (χ1) is 7.73. The minimum Gasteiger partial charge on any atom is -0.376 e. The van der Waals surface area contributed by atoms with Gasteiger partial charge in [0.05, 0.1) is 17.3 Å². The van der Waals surface area contributed by atoms with Crippen molar-refractivity contribution in [2.75, 3.05) is 14.2 Å². The van der Waals surface area contributed by atoms with Crippen LogP contribution in [0.5, 0.6) is 0 Å². The van der Waals surface area contributed by atoms with Crippen molar-refractivity contribution in [3.05, 3.63) is 0 Å². The van der Waals surface area contributed by atoms with Gasteiger partial charge >= 0.3 is 0 Å². The molecule has 100 valence electrons. The lowest BCUT2D eigenvalue weighted by atomic mass is 9.72. The molecular weight excluding hydrogens is 220 g/mol. The van der Waals surface area contributed by atoms with Crippen LogP contribution < -0.4 is 0 Å². The second-order valence-corrected chi connectivity index (χ2v) is 6.02. The molecule has 2 rings (SSSR count). The van der Waals surface area contributed by atoms with Crippen LogP contribution in [0.25, 0.3) is 0 Å². The minimum atomic E-state index is -0.576. The predicted molar refractivity (Wildman–Crippen MR) is 64.1 cm³/mol. The zero-order valence-electron chi connectivity index (χ0n) is 11.9. The molecule has 4 heteroatoms. The fourth-order valence-electron chi connectivity index (χ4n) is 3.64. The van der Waals surface area contributed by atoms with E-state index in [9.17, 15) is 0 Å². The average molecular weight is 244 g/mol. The molecule has 0 N–H and O–H groups in total. The quantitative estimate of drug-likeness (QED) is 0.758. The summed E-state index contributed by atoms with van der Waals surface area (Å²) in [5, 5.41) is 0. The molecule has 0 aromatic heterocycles. The monoisotopic (exact) mass is 244 g/mol. The minimum absolute atomic E-state index is 0.0237. The van der Waals surface area contributed by atoms with E-state index in [1.807, 2.05) is 34.6 Å². The van der Waals surface area contributed by atoms with Crippen molar-refractivity contribution in [3.63, 3.8) is 0 Å². The van der Waals surface area contributed by atoms with Crippen LogP contribution in [-0.2, 0) is 18.9 Å². The highest BCUT2D eigenvalue weighted by atomic mass is 16.7. The zero-order chi connectivity index (χ0) is 13.1. The van der Waals surface area contributed by atoms with Crippen molar-refractivity contribution >= 4 is 0 Å². The van der Waals surface area contributed by atoms with Gasteiger partial charge in [0.25, 0.3) is 0 Å². The first kappa shape index (κ1) is 13.3. The van der Waals surface area contributed by atoms with Crippen molar-refractivity contribution in [1.82, 2.24) is 0 Å². The summed E-state index contributed by atoms with van der Waals surface area (Å²) in [6.07, 6.45) is -0.0886. The highest BCUT2D eigenvalue weighted by Crippen LogP contribution is 2.57. The van der Waals surface area contributed by atoms with E-state index in [1.165, 1.54) is 0 Å². The lowest BCUT2D eigenvalue weighted by Crippen LogP contribution is -2.67. The molecule has 4 nitrogen and oxygen atoms in total. The Morgan fingerprint density at radius 1 is 1.12 bits per heavy atom. The van der Waals surface area contributed by atoms with Gasteiger partial charge in [0.15, 0.2) is 5.60 Å². The fourth-order valence-corrected chi connectivity index (χ4v) is 3.64. The Bertz CT molecular complexity index is 313. The Morgan fingerprint density at radius 2 is 1.71 bits per heavy atom. The molecule has 2 saturated heterocycles. The molecule has 17 heavy (non-hydrogen) atoms. The normalized spacial score (nSPS) is 44.3. The van der Waals surface area contributed by atoms with Crippen LogP contribution in [0.1, 0.15) is 34.6 Å². The molecule has 0 aromatic carbocycles. The van der Waals surface area contributed by atoms with Gasteiger partial charge in [-0.1, -0.05) is 0 Å². The average Bonchev–Trinajstić information content (AvgIpc) is 2.64. The largest absolute Gasteiger partial charge is 0.376 e. The van der Waals surface area contributed by atoms with Gasteiger partial charge in [0.1, 0.15) is 12.2 Å². The highest BCUT2D eigenvalue weighted by Gasteiger charge is 2.75. The summed E-state index contributed by atoms with van der Waals surface area (Å²) in [6, 6.07) is 0. The molecule has 2 bridgehead atoms. The van der Waals surface area contributed by atoms with Crippen molar-refractivity contribution < 1.29 is 18.9 Å². The third kappa shape index (κ3) is 1.38. The van der Waals surface area contributed by atoms with Crippen LogP contribution in [-0.4, -0.2) is 49.3 Å². The number of rotatable bonds is 3. The Labute approximate surface area is 104 Å². The molecule has 2 heterocycles. The Morgan fingerprint density at radius 3 is 2.18 bits per heavy atom. The van der Waals surface area contributed by atoms with Gasteiger partial charge in [-0.25, -0.2) is 0 Å². The van der Waals surface area contributed by atoms with E-state index in [0.29, 0.717) is 0 Å². The number of hydrogen-bond acceptors (Lipinski definition) is 4. The molecular formula is C13H24O4. The van der Waals surface area contributed by atoms with E-state index in [2.05, 4.69) is 0 Å². The summed E-state index contributed by atoms with van der Waals surface area (Å²) in [4.78, 5) is 0. The van der Waals surface area contributed by atoms with Crippen LogP contribution in [0.15, 0.2) is 0 Å². The second kappa shape index (κ2) is 3.67. The van der Waals surface area contributed by atoms with Crippen molar-refractivity contribution in [2.24, 2.45) is 0 Å². The van der Waals surface area contributed by atoms with Gasteiger partial charge in [-0.2, -0.15) is 0 Å². The fraction of sp³-hybridized carbons (Fsp3) is 1.00. The summed E-state index contributed by atoms with van der Waals surface area (Å²) >= 11 is 0. The van der Waals surface area contributed by atoms with Crippen LogP contribution in [0.2, 0.25) is 0 Å². The molecule has 2 aliphatic rings. The smallest absolute Gasteiger partial charge is 0.154 e. The van der Waals surface area contributed by atoms with Gasteiger partial charge < -0.3 is 18.9 Å². The number of ether oxygens (including phenoxy) is 4. The van der Waals surface area contributed by atoms with E-state index < -0.39 is 16.8 Å². The summed E-state index contributed by atoms with van der Waals surface area (Å²) < 4.78 is 23.7. The highest BCUT2D eigenvalue weighted by molar-refractivity contribution is 5.23. The standard InChI is InChI=1S/C13H24O4/c1-8-9-10(14-6)13(16-8,11(2,3)15-7)12(4,5)17-9/h8-10H,1-7H3. The molecule has 4 unspecified atom stereocenters. The lowest BCUT2D eigenvalue weighted by molar-refractivity contribution is -0.283. The third-order valence-corrected chi connectivity index (χ3v) is 4.52. The molecule has 0 aromatic rings. The first-order valence-electron chi connectivity index (χ1n) is 6.17. The second-order valence-electron chi connectivity index (χ2n) is 6.02. The van der Waals surface area contributed by atoms with Crippen LogP contribution in [0.3, 0.4) is 0 Å². The van der Waals surface area contributed by atoms with Gasteiger partial charge in [-0.05, 0) is 34.6 Å². The topological polar surface area (TPSA) is 36.9 Å². The Kier molecular flexibility index (Phi) is 2.86. The molecule has 0 aliphatic carbocycles. The summed E-state index contributed by atoms with van der Waals surface area (Å²) in [6.45, 7) is 10.2. The van der Waals surface area contributed by atoms with E-state index in [4.69, 9.17) is 18.9 Å². The van der Waals surface area contributed by atoms with E-state index in [1.54, 1.807) is 14.2 Å². The van der Waals surface area contributed by atoms with E-state index >= 15 is 0 Å². The first-order valence-corrected chi connectivity index (χ1v) is 6.17. The van der Waals surface area contributed by atoms with Gasteiger partial charge in [-0.3, -0.25) is 0 Å². The molecule has 0 radical (unpaired) electrons. The predicted octanol–water partition coefficient (Wildman–Crippen LogP) is 1.76. The summed E-state index contributed by atoms with van der Waals surface area (Å²) in [5.74, 6) is 0. The van der Waals surface area contributed by atoms with E-state index in [0.717, 1.165) is 0 Å². The maximum absolute atomic E-state index is 6.25. The maximum Gasteiger partial charge on any atom is 0.154 e. The lowest BCUT2D eigenvalue weighted by Gasteiger charge is -2.51. The Balaban J connectivity index is 2.52. The number of fused-ring (bicyclic) bond motifs is 2. The van der Waals surface area contributed by atoms with Gasteiger partial charge in [0, 0.05) is 14.2 Å².